The molecule has 1 unspecified atom stereocenters. The van der Waals surface area contributed by atoms with Crippen LogP contribution in [0.1, 0.15) is 28.8 Å². The first kappa shape index (κ1) is 10.3. The Kier molecular flexibility index (Phi) is 2.30. The van der Waals surface area contributed by atoms with Crippen LogP contribution in [0, 0.1) is 0 Å². The highest BCUT2D eigenvalue weighted by Crippen LogP contribution is 2.44. The zero-order valence-corrected chi connectivity index (χ0v) is 10.3. The lowest BCUT2D eigenvalue weighted by molar-refractivity contribution is -0.0206. The molecule has 4 heteroatoms. The highest BCUT2D eigenvalue weighted by atomic mass is 79.9. The second kappa shape index (κ2) is 3.57. The zero-order chi connectivity index (χ0) is 11.2. The van der Waals surface area contributed by atoms with Crippen molar-refractivity contribution in [3.05, 3.63) is 33.8 Å². The van der Waals surface area contributed by atoms with Gasteiger partial charge in [-0.3, -0.25) is 0 Å². The molecular formula is C12H12BrNO2. The molecule has 16 heavy (non-hydrogen) atoms. The SMILES string of the molecule is O=C1OC2(CCCNC2)c2c(Br)cccc21. The molecule has 1 atom stereocenters. The third kappa shape index (κ3) is 1.33. The smallest absolute Gasteiger partial charge is 0.339 e. The first-order valence-corrected chi connectivity index (χ1v) is 6.25. The number of benzene rings is 1. The molecule has 1 spiro atoms. The van der Waals surface area contributed by atoms with E-state index in [1.807, 2.05) is 18.2 Å². The number of rotatable bonds is 0. The van der Waals surface area contributed by atoms with Crippen LogP contribution in [0.4, 0.5) is 0 Å². The Morgan fingerprint density at radius 3 is 3.06 bits per heavy atom. The molecule has 1 saturated heterocycles. The predicted octanol–water partition coefficient (Wildman–Crippen LogP) is 2.20. The Bertz CT molecular complexity index is 452. The van der Waals surface area contributed by atoms with E-state index in [1.54, 1.807) is 0 Å². The van der Waals surface area contributed by atoms with Gasteiger partial charge in [-0.25, -0.2) is 4.79 Å². The molecule has 2 aliphatic rings. The van der Waals surface area contributed by atoms with Crippen LogP contribution < -0.4 is 5.32 Å². The number of hydrogen-bond acceptors (Lipinski definition) is 3. The van der Waals surface area contributed by atoms with Crippen molar-refractivity contribution in [3.8, 4) is 0 Å². The van der Waals surface area contributed by atoms with E-state index in [0.29, 0.717) is 12.1 Å². The molecule has 1 N–H and O–H groups in total. The summed E-state index contributed by atoms with van der Waals surface area (Å²) in [6, 6.07) is 5.68. The van der Waals surface area contributed by atoms with Gasteiger partial charge < -0.3 is 10.1 Å². The summed E-state index contributed by atoms with van der Waals surface area (Å²) in [5, 5.41) is 3.31. The minimum absolute atomic E-state index is 0.194. The fraction of sp³-hybridized carbons (Fsp3) is 0.417. The average molecular weight is 282 g/mol. The van der Waals surface area contributed by atoms with Gasteiger partial charge >= 0.3 is 5.97 Å². The second-order valence-electron chi connectivity index (χ2n) is 4.33. The Morgan fingerprint density at radius 2 is 2.31 bits per heavy atom. The zero-order valence-electron chi connectivity index (χ0n) is 8.75. The normalized spacial score (nSPS) is 27.9. The molecular weight excluding hydrogens is 270 g/mol. The Morgan fingerprint density at radius 1 is 1.44 bits per heavy atom. The summed E-state index contributed by atoms with van der Waals surface area (Å²) in [4.78, 5) is 11.8. The van der Waals surface area contributed by atoms with Crippen molar-refractivity contribution in [3.63, 3.8) is 0 Å². The summed E-state index contributed by atoms with van der Waals surface area (Å²) in [6.45, 7) is 1.72. The lowest BCUT2D eigenvalue weighted by Gasteiger charge is -2.33. The van der Waals surface area contributed by atoms with Crippen LogP contribution in [0.5, 0.6) is 0 Å². The van der Waals surface area contributed by atoms with Crippen molar-refractivity contribution in [2.24, 2.45) is 0 Å². The van der Waals surface area contributed by atoms with Gasteiger partial charge in [0.15, 0.2) is 5.60 Å². The highest BCUT2D eigenvalue weighted by molar-refractivity contribution is 9.10. The Balaban J connectivity index is 2.16. The number of ether oxygens (including phenoxy) is 1. The number of esters is 1. The van der Waals surface area contributed by atoms with Gasteiger partial charge in [-0.2, -0.15) is 0 Å². The predicted molar refractivity (Wildman–Crippen MR) is 63.3 cm³/mol. The number of halogens is 1. The van der Waals surface area contributed by atoms with E-state index in [4.69, 9.17) is 4.74 Å². The number of piperidine rings is 1. The lowest BCUT2D eigenvalue weighted by atomic mass is 9.86. The summed E-state index contributed by atoms with van der Waals surface area (Å²) < 4.78 is 6.58. The molecule has 0 radical (unpaired) electrons. The van der Waals surface area contributed by atoms with Gasteiger partial charge in [0, 0.05) is 16.6 Å². The van der Waals surface area contributed by atoms with E-state index in [9.17, 15) is 4.79 Å². The van der Waals surface area contributed by atoms with Gasteiger partial charge in [0.1, 0.15) is 0 Å². The monoisotopic (exact) mass is 281 g/mol. The minimum atomic E-state index is -0.440. The third-order valence-electron chi connectivity index (χ3n) is 3.32. The van der Waals surface area contributed by atoms with Gasteiger partial charge in [-0.15, -0.1) is 0 Å². The molecule has 0 aliphatic carbocycles. The lowest BCUT2D eigenvalue weighted by Crippen LogP contribution is -2.43. The molecule has 1 fully saturated rings. The van der Waals surface area contributed by atoms with Crippen LogP contribution in [0.15, 0.2) is 22.7 Å². The van der Waals surface area contributed by atoms with Crippen molar-refractivity contribution in [1.29, 1.82) is 0 Å². The minimum Gasteiger partial charge on any atom is -0.449 e. The number of fused-ring (bicyclic) bond motifs is 2. The molecule has 2 heterocycles. The topological polar surface area (TPSA) is 38.3 Å². The molecule has 3 nitrogen and oxygen atoms in total. The third-order valence-corrected chi connectivity index (χ3v) is 3.98. The molecule has 1 aromatic rings. The highest BCUT2D eigenvalue weighted by Gasteiger charge is 2.47. The van der Waals surface area contributed by atoms with Crippen molar-refractivity contribution in [2.75, 3.05) is 13.1 Å². The van der Waals surface area contributed by atoms with E-state index >= 15 is 0 Å². The molecule has 0 aromatic heterocycles. The molecule has 0 saturated carbocycles. The van der Waals surface area contributed by atoms with Crippen LogP contribution in [0.2, 0.25) is 0 Å². The largest absolute Gasteiger partial charge is 0.449 e. The fourth-order valence-corrected chi connectivity index (χ4v) is 3.35. The fourth-order valence-electron chi connectivity index (χ4n) is 2.62. The first-order valence-electron chi connectivity index (χ1n) is 5.46. The molecule has 1 aromatic carbocycles. The van der Waals surface area contributed by atoms with Crippen LogP contribution in [-0.4, -0.2) is 19.1 Å². The summed E-state index contributed by atoms with van der Waals surface area (Å²) >= 11 is 3.53. The van der Waals surface area contributed by atoms with Crippen LogP contribution >= 0.6 is 15.9 Å². The summed E-state index contributed by atoms with van der Waals surface area (Å²) in [5.41, 5.74) is 1.29. The van der Waals surface area contributed by atoms with E-state index in [-0.39, 0.29) is 5.97 Å². The standard InChI is InChI=1S/C12H12BrNO2/c13-9-4-1-3-8-10(9)12(16-11(8)15)5-2-6-14-7-12/h1,3-4,14H,2,5-7H2. The van der Waals surface area contributed by atoms with Gasteiger partial charge in [0.05, 0.1) is 5.56 Å². The average Bonchev–Trinajstić information content (AvgIpc) is 2.55. The van der Waals surface area contributed by atoms with Crippen LogP contribution in [-0.2, 0) is 10.3 Å². The summed E-state index contributed by atoms with van der Waals surface area (Å²) in [7, 11) is 0. The van der Waals surface area contributed by atoms with Crippen LogP contribution in [0.3, 0.4) is 0 Å². The number of nitrogens with one attached hydrogen (secondary N) is 1. The van der Waals surface area contributed by atoms with Gasteiger partial charge in [-0.1, -0.05) is 22.0 Å². The van der Waals surface area contributed by atoms with Crippen molar-refractivity contribution in [1.82, 2.24) is 5.32 Å². The summed E-state index contributed by atoms with van der Waals surface area (Å²) in [6.07, 6.45) is 1.94. The molecule has 3 rings (SSSR count). The molecule has 0 amide bonds. The van der Waals surface area contributed by atoms with E-state index < -0.39 is 5.60 Å². The number of carbonyl (C=O) groups is 1. The van der Waals surface area contributed by atoms with Gasteiger partial charge in [-0.05, 0) is 31.5 Å². The van der Waals surface area contributed by atoms with Crippen LogP contribution in [0.25, 0.3) is 0 Å². The number of carbonyl (C=O) groups excluding carboxylic acids is 1. The second-order valence-corrected chi connectivity index (χ2v) is 5.18. The number of hydrogen-bond donors (Lipinski definition) is 1. The molecule has 2 aliphatic heterocycles. The van der Waals surface area contributed by atoms with Gasteiger partial charge in [0.2, 0.25) is 0 Å². The van der Waals surface area contributed by atoms with Crippen molar-refractivity contribution >= 4 is 21.9 Å². The summed E-state index contributed by atoms with van der Waals surface area (Å²) in [5.74, 6) is -0.194. The van der Waals surface area contributed by atoms with Gasteiger partial charge in [0.25, 0.3) is 0 Å². The maximum atomic E-state index is 11.8. The molecule has 0 bridgehead atoms. The van der Waals surface area contributed by atoms with E-state index in [2.05, 4.69) is 21.2 Å². The maximum absolute atomic E-state index is 11.8. The van der Waals surface area contributed by atoms with Crippen molar-refractivity contribution in [2.45, 2.75) is 18.4 Å². The first-order chi connectivity index (χ1) is 7.73. The van der Waals surface area contributed by atoms with Crippen molar-refractivity contribution < 1.29 is 9.53 Å². The van der Waals surface area contributed by atoms with E-state index in [0.717, 1.165) is 29.4 Å². The molecule has 84 valence electrons. The Labute approximate surface area is 102 Å². The quantitative estimate of drug-likeness (QED) is 0.741. The Hall–Kier alpha value is -0.870. The van der Waals surface area contributed by atoms with E-state index in [1.165, 1.54) is 0 Å². The maximum Gasteiger partial charge on any atom is 0.339 e.